The Kier molecular flexibility index (Phi) is 5.03. The average Bonchev–Trinajstić information content (AvgIpc) is 3.39. The first kappa shape index (κ1) is 19.5. The minimum absolute atomic E-state index is 0.0301. The van der Waals surface area contributed by atoms with Crippen molar-refractivity contribution in [2.75, 3.05) is 26.2 Å². The Bertz CT molecular complexity index is 1220. The largest absolute Gasteiger partial charge is 0.335 e. The molecule has 1 aliphatic heterocycles. The fourth-order valence-electron chi connectivity index (χ4n) is 4.24. The van der Waals surface area contributed by atoms with Crippen molar-refractivity contribution in [2.24, 2.45) is 0 Å². The maximum absolute atomic E-state index is 13.2. The van der Waals surface area contributed by atoms with E-state index < -0.39 is 0 Å². The Morgan fingerprint density at radius 2 is 1.81 bits per heavy atom. The van der Waals surface area contributed by atoms with Crippen molar-refractivity contribution in [2.45, 2.75) is 20.4 Å². The number of aromatic nitrogens is 4. The van der Waals surface area contributed by atoms with Gasteiger partial charge in [-0.05, 0) is 43.7 Å². The highest BCUT2D eigenvalue weighted by Gasteiger charge is 2.25. The Hall–Kier alpha value is -3.45. The number of para-hydroxylation sites is 1. The Balaban J connectivity index is 1.27. The fraction of sp³-hybridized carbons (Fsp3) is 0.292. The number of aryl methyl sites for hydroxylation is 2. The molecule has 0 spiro atoms. The van der Waals surface area contributed by atoms with Crippen molar-refractivity contribution < 1.29 is 4.79 Å². The maximum Gasteiger partial charge on any atom is 0.272 e. The molecule has 4 heterocycles. The molecule has 3 aromatic heterocycles. The molecule has 0 saturated carbocycles. The molecule has 7 heteroatoms. The lowest BCUT2D eigenvalue weighted by molar-refractivity contribution is 0.0618. The number of amides is 1. The smallest absolute Gasteiger partial charge is 0.272 e. The van der Waals surface area contributed by atoms with Crippen molar-refractivity contribution in [3.8, 4) is 5.69 Å². The van der Waals surface area contributed by atoms with Crippen LogP contribution in [0.2, 0.25) is 0 Å². The normalized spacial score (nSPS) is 15.0. The summed E-state index contributed by atoms with van der Waals surface area (Å²) < 4.78 is 4.04. The van der Waals surface area contributed by atoms with Gasteiger partial charge in [-0.3, -0.25) is 14.3 Å². The summed E-state index contributed by atoms with van der Waals surface area (Å²) in [5.41, 5.74) is 6.04. The van der Waals surface area contributed by atoms with Crippen LogP contribution in [0.4, 0.5) is 0 Å². The number of benzene rings is 1. The van der Waals surface area contributed by atoms with E-state index in [0.717, 1.165) is 36.7 Å². The molecule has 0 aliphatic carbocycles. The highest BCUT2D eigenvalue weighted by molar-refractivity contribution is 5.93. The zero-order valence-corrected chi connectivity index (χ0v) is 17.9. The predicted molar refractivity (Wildman–Crippen MR) is 119 cm³/mol. The molecule has 1 aliphatic rings. The van der Waals surface area contributed by atoms with E-state index in [1.54, 1.807) is 12.5 Å². The van der Waals surface area contributed by atoms with E-state index >= 15 is 0 Å². The molecule has 1 amide bonds. The van der Waals surface area contributed by atoms with Gasteiger partial charge in [0, 0.05) is 44.6 Å². The lowest BCUT2D eigenvalue weighted by atomic mass is 10.2. The van der Waals surface area contributed by atoms with Crippen LogP contribution in [0.3, 0.4) is 0 Å². The van der Waals surface area contributed by atoms with E-state index in [-0.39, 0.29) is 5.91 Å². The van der Waals surface area contributed by atoms with E-state index in [1.807, 2.05) is 39.8 Å². The summed E-state index contributed by atoms with van der Waals surface area (Å²) in [6, 6.07) is 14.1. The zero-order chi connectivity index (χ0) is 21.4. The Labute approximate surface area is 181 Å². The molecule has 0 radical (unpaired) electrons. The molecular formula is C24H26N6O. The molecule has 4 aromatic rings. The molecule has 0 unspecified atom stereocenters. The summed E-state index contributed by atoms with van der Waals surface area (Å²) in [5, 5.41) is 0. The number of hydrogen-bond acceptors (Lipinski definition) is 4. The quantitative estimate of drug-likeness (QED) is 0.515. The second-order valence-corrected chi connectivity index (χ2v) is 8.13. The van der Waals surface area contributed by atoms with Gasteiger partial charge in [0.2, 0.25) is 0 Å². The molecule has 0 N–H and O–H groups in total. The van der Waals surface area contributed by atoms with Crippen molar-refractivity contribution in [3.05, 3.63) is 83.8 Å². The highest BCUT2D eigenvalue weighted by atomic mass is 16.2. The third-order valence-corrected chi connectivity index (χ3v) is 6.01. The lowest BCUT2D eigenvalue weighted by Gasteiger charge is -2.34. The number of imidazole rings is 2. The Morgan fingerprint density at radius 1 is 1.03 bits per heavy atom. The summed E-state index contributed by atoms with van der Waals surface area (Å²) >= 11 is 0. The first-order valence-electron chi connectivity index (χ1n) is 10.6. The minimum atomic E-state index is 0.0301. The van der Waals surface area contributed by atoms with Crippen LogP contribution in [0.1, 0.15) is 27.4 Å². The van der Waals surface area contributed by atoms with Crippen LogP contribution in [-0.2, 0) is 6.54 Å². The number of nitrogens with zero attached hydrogens (tertiary/aromatic N) is 6. The number of piperazine rings is 1. The number of carbonyl (C=O) groups excluding carboxylic acids is 1. The summed E-state index contributed by atoms with van der Waals surface area (Å²) in [7, 11) is 0. The van der Waals surface area contributed by atoms with Gasteiger partial charge in [0.25, 0.3) is 5.91 Å². The first-order valence-corrected chi connectivity index (χ1v) is 10.6. The van der Waals surface area contributed by atoms with E-state index in [2.05, 4.69) is 46.5 Å². The predicted octanol–water partition coefficient (Wildman–Crippen LogP) is 3.09. The van der Waals surface area contributed by atoms with Gasteiger partial charge in [-0.15, -0.1) is 0 Å². The van der Waals surface area contributed by atoms with Crippen LogP contribution in [0.15, 0.2) is 61.2 Å². The molecule has 1 saturated heterocycles. The number of pyridine rings is 1. The summed E-state index contributed by atoms with van der Waals surface area (Å²) in [6.07, 6.45) is 5.46. The van der Waals surface area contributed by atoms with Crippen LogP contribution < -0.4 is 0 Å². The molecule has 0 bridgehead atoms. The number of rotatable bonds is 4. The van der Waals surface area contributed by atoms with Gasteiger partial charge in [0.1, 0.15) is 11.3 Å². The molecule has 1 aromatic carbocycles. The Morgan fingerprint density at radius 3 is 2.58 bits per heavy atom. The average molecular weight is 415 g/mol. The van der Waals surface area contributed by atoms with Crippen molar-refractivity contribution >= 4 is 11.6 Å². The number of fused-ring (bicyclic) bond motifs is 1. The van der Waals surface area contributed by atoms with Gasteiger partial charge in [-0.2, -0.15) is 0 Å². The van der Waals surface area contributed by atoms with Gasteiger partial charge >= 0.3 is 0 Å². The SMILES string of the molecule is Cc1ccn2c(CN3CCN(C(=O)c4cncn4-c4ccccc4)CC3)c(C)nc2c1. The minimum Gasteiger partial charge on any atom is -0.335 e. The van der Waals surface area contributed by atoms with E-state index in [0.29, 0.717) is 18.8 Å². The van der Waals surface area contributed by atoms with Gasteiger partial charge < -0.3 is 9.30 Å². The van der Waals surface area contributed by atoms with Crippen LogP contribution in [0.25, 0.3) is 11.3 Å². The maximum atomic E-state index is 13.2. The zero-order valence-electron chi connectivity index (χ0n) is 17.9. The fourth-order valence-corrected chi connectivity index (χ4v) is 4.24. The lowest BCUT2D eigenvalue weighted by Crippen LogP contribution is -2.48. The topological polar surface area (TPSA) is 58.7 Å². The summed E-state index contributed by atoms with van der Waals surface area (Å²) in [4.78, 5) is 26.4. The molecule has 7 nitrogen and oxygen atoms in total. The third kappa shape index (κ3) is 3.72. The van der Waals surface area contributed by atoms with Crippen molar-refractivity contribution in [1.82, 2.24) is 28.7 Å². The first-order chi connectivity index (χ1) is 15.1. The summed E-state index contributed by atoms with van der Waals surface area (Å²) in [5.74, 6) is 0.0301. The summed E-state index contributed by atoms with van der Waals surface area (Å²) in [6.45, 7) is 8.07. The van der Waals surface area contributed by atoms with Crippen LogP contribution in [-0.4, -0.2) is 60.8 Å². The van der Waals surface area contributed by atoms with Crippen LogP contribution in [0, 0.1) is 13.8 Å². The highest BCUT2D eigenvalue weighted by Crippen LogP contribution is 2.18. The van der Waals surface area contributed by atoms with Gasteiger partial charge in [0.05, 0.1) is 23.9 Å². The van der Waals surface area contributed by atoms with Gasteiger partial charge in [-0.1, -0.05) is 18.2 Å². The third-order valence-electron chi connectivity index (χ3n) is 6.01. The van der Waals surface area contributed by atoms with Gasteiger partial charge in [-0.25, -0.2) is 9.97 Å². The van der Waals surface area contributed by atoms with Gasteiger partial charge in [0.15, 0.2) is 0 Å². The van der Waals surface area contributed by atoms with Crippen molar-refractivity contribution in [1.29, 1.82) is 0 Å². The molecular weight excluding hydrogens is 388 g/mol. The van der Waals surface area contributed by atoms with Crippen molar-refractivity contribution in [3.63, 3.8) is 0 Å². The van der Waals surface area contributed by atoms with Crippen LogP contribution in [0.5, 0.6) is 0 Å². The van der Waals surface area contributed by atoms with E-state index in [9.17, 15) is 4.79 Å². The molecule has 0 atom stereocenters. The molecule has 1 fully saturated rings. The second-order valence-electron chi connectivity index (χ2n) is 8.13. The van der Waals surface area contributed by atoms with E-state index in [4.69, 9.17) is 4.98 Å². The molecule has 158 valence electrons. The number of carbonyl (C=O) groups is 1. The standard InChI is InChI=1S/C24H26N6O/c1-18-8-9-29-22(19(2)26-23(29)14-18)16-27-10-12-28(13-11-27)24(31)21-15-25-17-30(21)20-6-4-3-5-7-20/h3-9,14-15,17H,10-13,16H2,1-2H3. The van der Waals surface area contributed by atoms with E-state index in [1.165, 1.54) is 11.3 Å². The van der Waals surface area contributed by atoms with Crippen LogP contribution >= 0.6 is 0 Å². The molecule has 31 heavy (non-hydrogen) atoms. The monoisotopic (exact) mass is 414 g/mol. The number of hydrogen-bond donors (Lipinski definition) is 0. The molecule has 5 rings (SSSR count). The second kappa shape index (κ2) is 8.00.